The molecule has 0 aliphatic carbocycles. The summed E-state index contributed by atoms with van der Waals surface area (Å²) in [7, 11) is 0. The second-order valence-corrected chi connectivity index (χ2v) is 29.2. The third-order valence-corrected chi connectivity index (χ3v) is 21.9. The van der Waals surface area contributed by atoms with Crippen LogP contribution in [0.1, 0.15) is 232 Å². The van der Waals surface area contributed by atoms with Crippen LogP contribution in [-0.4, -0.2) is 140 Å². The monoisotopic (exact) mass is 1520 g/mol. The van der Waals surface area contributed by atoms with Crippen LogP contribution in [0.15, 0.2) is 94.9 Å². The van der Waals surface area contributed by atoms with Crippen molar-refractivity contribution in [2.75, 3.05) is 13.2 Å². The Morgan fingerprint density at radius 1 is 0.528 bits per heavy atom. The molecule has 2 fully saturated rings. The number of carboxylic acids is 1. The van der Waals surface area contributed by atoms with Crippen molar-refractivity contribution in [3.63, 3.8) is 0 Å². The Bertz CT molecular complexity index is 4880. The van der Waals surface area contributed by atoms with E-state index in [0.29, 0.717) is 59.7 Å². The highest BCUT2D eigenvalue weighted by Gasteiger charge is 2.48. The van der Waals surface area contributed by atoms with E-state index in [4.69, 9.17) is 42.7 Å². The van der Waals surface area contributed by atoms with E-state index in [1.807, 2.05) is 71.5 Å². The molecule has 554 valence electrons. The Hall–Kier alpha value is -10.2. The van der Waals surface area contributed by atoms with Crippen LogP contribution in [0.5, 0.6) is 11.5 Å². The zero-order valence-corrected chi connectivity index (χ0v) is 61.2. The van der Waals surface area contributed by atoms with Gasteiger partial charge in [-0.2, -0.15) is 0 Å². The number of Topliss-reactive ketones (excluding diaryl/α,β-unsaturated/α-hetero) is 1. The van der Waals surface area contributed by atoms with Gasteiger partial charge in [0.1, 0.15) is 63.1 Å². The lowest BCUT2D eigenvalue weighted by atomic mass is 9.99. The summed E-state index contributed by atoms with van der Waals surface area (Å²) < 4.78 is 15.7. The number of fused-ring (bicyclic) bond motifs is 8. The Kier molecular flexibility index (Phi) is 24.8. The maximum atomic E-state index is 13.4. The number of hydrogen-bond donors (Lipinski definition) is 3. The molecule has 4 atom stereocenters. The predicted octanol–water partition coefficient (Wildman–Crippen LogP) is 13.4. The van der Waals surface area contributed by atoms with Gasteiger partial charge in [-0.15, -0.1) is 43.1 Å². The van der Waals surface area contributed by atoms with Gasteiger partial charge in [0.15, 0.2) is 11.6 Å². The first kappa shape index (κ1) is 78.4. The fourth-order valence-corrected chi connectivity index (χ4v) is 16.1. The summed E-state index contributed by atoms with van der Waals surface area (Å²) in [4.78, 5) is 139. The summed E-state index contributed by atoms with van der Waals surface area (Å²) in [6, 6.07) is 21.6. The Morgan fingerprint density at radius 2 is 0.943 bits per heavy atom. The number of carbonyl (C=O) groups excluding carboxylic acids is 9. The number of ether oxygens (including phenoxy) is 2. The molecule has 4 aromatic carbocycles. The van der Waals surface area contributed by atoms with E-state index in [2.05, 4.69) is 65.6 Å². The van der Waals surface area contributed by atoms with E-state index < -0.39 is 71.5 Å². The van der Waals surface area contributed by atoms with E-state index >= 15 is 0 Å². The van der Waals surface area contributed by atoms with Gasteiger partial charge in [-0.1, -0.05) is 101 Å². The summed E-state index contributed by atoms with van der Waals surface area (Å²) in [6.45, 7) is 14.9. The van der Waals surface area contributed by atoms with Crippen LogP contribution in [0.4, 0.5) is 0 Å². The largest absolute Gasteiger partial charge is 0.493 e. The quantitative estimate of drug-likeness (QED) is 0.0444. The normalized spacial score (nSPS) is 17.6. The number of carbonyl (C=O) groups is 10. The Labute approximate surface area is 630 Å². The van der Waals surface area contributed by atoms with Gasteiger partial charge in [0.25, 0.3) is 23.6 Å². The molecule has 3 N–H and O–H groups in total. The second kappa shape index (κ2) is 33.5. The summed E-state index contributed by atoms with van der Waals surface area (Å²) in [5.74, 6) is -1.94. The predicted molar refractivity (Wildman–Crippen MR) is 402 cm³/mol. The molecule has 29 heteroatoms. The van der Waals surface area contributed by atoms with Crippen molar-refractivity contribution in [2.45, 2.75) is 177 Å². The molecule has 2 unspecified atom stereocenters. The van der Waals surface area contributed by atoms with Gasteiger partial charge < -0.3 is 14.6 Å². The zero-order valence-electron chi connectivity index (χ0n) is 58.1. The highest BCUT2D eigenvalue weighted by atomic mass is 35.5. The van der Waals surface area contributed by atoms with Gasteiger partial charge in [-0.05, 0) is 140 Å². The minimum absolute atomic E-state index is 0. The van der Waals surface area contributed by atoms with Crippen molar-refractivity contribution in [3.05, 3.63) is 184 Å². The fourth-order valence-electron chi connectivity index (χ4n) is 13.5. The van der Waals surface area contributed by atoms with Crippen LogP contribution in [0.2, 0.25) is 10.0 Å². The Morgan fingerprint density at radius 3 is 1.35 bits per heavy atom. The minimum Gasteiger partial charge on any atom is -0.493 e. The van der Waals surface area contributed by atoms with Gasteiger partial charge in [0, 0.05) is 67.7 Å². The number of unbranched alkanes of at least 4 members (excludes halogenated alkanes) is 5. The first-order valence-corrected chi connectivity index (χ1v) is 36.7. The molecule has 2 saturated heterocycles. The average molecular weight is 1520 g/mol. The van der Waals surface area contributed by atoms with E-state index in [0.717, 1.165) is 102 Å². The number of aliphatic carboxylic acids is 1. The molecular formula is C77H82Cl2N12O13S2. The Balaban J connectivity index is 0.000000185. The molecule has 0 radical (unpaired) electrons. The summed E-state index contributed by atoms with van der Waals surface area (Å²) in [5.41, 5.74) is 8.36. The van der Waals surface area contributed by atoms with Crippen LogP contribution in [-0.2, 0) is 28.8 Å². The minimum atomic E-state index is -1.05. The molecule has 8 aromatic rings. The first-order chi connectivity index (χ1) is 49.9. The molecule has 0 spiro atoms. The van der Waals surface area contributed by atoms with E-state index in [9.17, 15) is 53.1 Å². The summed E-state index contributed by atoms with van der Waals surface area (Å²) in [6.07, 6.45) is 6.85. The standard InChI is InChI=1S/C37H35ClN6O6S.C19H17ClN4O2S.C19H22N2O5.2CH4/c1-19-20(2)51-37-30(19)32(22-11-13-23(38)14-12-22)39-26(33-42-41-21(3)43(33)37)18-24(45)8-5-4-6-17-50-28-10-7-9-25-31(28)36(49)44(35(25)48)27-15-16-29(46)40-34(27)47;1-9-10(2)27-19-16(9)17(12-4-6-13(20)7-5-12)21-14(8-15(25)26)18-23-22-11(3)24(18)19;1-2-3-4-5-11-26-14-8-6-7-12-16(14)19(25)21(18(12)24)13-9-10-15(22)20-17(13)23;;/h7,9-14,26-27H,4-6,8,15-18H2,1-3H3,(H,40,46,47);4-7,14H,8H2,1-3H3,(H,25,26);6-8,13H,2-5,9-11H2,1H3,(H,20,22,23);2*1H4/t26-,27?;14-;;;/m00.../s1. The number of amides is 8. The molecular weight excluding hydrogens is 1440 g/mol. The number of hydrogen-bond acceptors (Lipinski definition) is 20. The third-order valence-electron chi connectivity index (χ3n) is 19.0. The second-order valence-electron chi connectivity index (χ2n) is 26.0. The van der Waals surface area contributed by atoms with Crippen LogP contribution in [0, 0.1) is 41.5 Å². The highest BCUT2D eigenvalue weighted by Crippen LogP contribution is 2.43. The number of carboxylic acid groups (broad SMARTS) is 1. The molecule has 8 amide bonds. The average Bonchev–Trinajstić information content (AvgIpc) is 1.61. The number of aromatic nitrogens is 6. The van der Waals surface area contributed by atoms with Crippen LogP contribution in [0.3, 0.4) is 0 Å². The molecule has 6 aliphatic heterocycles. The van der Waals surface area contributed by atoms with E-state index in [-0.39, 0.29) is 99.7 Å². The molecule has 6 aliphatic rings. The maximum absolute atomic E-state index is 13.4. The number of ketones is 1. The number of imide groups is 4. The van der Waals surface area contributed by atoms with E-state index in [1.54, 1.807) is 53.0 Å². The van der Waals surface area contributed by atoms with Crippen molar-refractivity contribution >= 4 is 116 Å². The molecule has 10 heterocycles. The topological polar surface area (TPSA) is 326 Å². The SMILES string of the molecule is C.C.CCCCCCOc1cccc2c1C(=O)N(C1CCC(=O)NC1=O)C2=O.Cc1sc2c(c1C)C(c1ccc(Cl)cc1)=N[C@@H](CC(=O)CCCCCOc1cccc3c1C(=O)N(C1CCC(=O)NC1=O)C3=O)c1nnc(C)n1-2.Cc1sc2c(c1C)C(c1ccc(Cl)cc1)=N[C@@H](CC(=O)O)c1nnc(C)n1-2. The van der Waals surface area contributed by atoms with Crippen molar-refractivity contribution in [3.8, 4) is 21.5 Å². The lowest BCUT2D eigenvalue weighted by molar-refractivity contribution is -0.138. The van der Waals surface area contributed by atoms with Crippen LogP contribution >= 0.6 is 45.9 Å². The molecule has 25 nitrogen and oxygen atoms in total. The number of benzene rings is 4. The summed E-state index contributed by atoms with van der Waals surface area (Å²) >= 11 is 15.6. The number of halogens is 2. The van der Waals surface area contributed by atoms with Gasteiger partial charge in [-0.3, -0.25) is 87.5 Å². The first-order valence-electron chi connectivity index (χ1n) is 34.3. The lowest BCUT2D eigenvalue weighted by Gasteiger charge is -2.27. The van der Waals surface area contributed by atoms with Gasteiger partial charge in [-0.25, -0.2) is 0 Å². The number of aryl methyl sites for hydroxylation is 4. The fraction of sp³-hybridized carbons (Fsp3) is 0.377. The zero-order chi connectivity index (χ0) is 73.9. The summed E-state index contributed by atoms with van der Waals surface area (Å²) in [5, 5.41) is 34.3. The molecule has 14 rings (SSSR count). The third kappa shape index (κ3) is 15.8. The molecule has 4 aromatic heterocycles. The van der Waals surface area contributed by atoms with Crippen LogP contribution < -0.4 is 20.1 Å². The molecule has 106 heavy (non-hydrogen) atoms. The van der Waals surface area contributed by atoms with Gasteiger partial charge >= 0.3 is 5.97 Å². The number of nitrogens with zero attached hydrogens (tertiary/aromatic N) is 10. The number of piperidine rings is 2. The van der Waals surface area contributed by atoms with Crippen molar-refractivity contribution < 1.29 is 62.5 Å². The number of aliphatic imine (C=N–C) groups is 2. The van der Waals surface area contributed by atoms with Gasteiger partial charge in [0.05, 0.1) is 53.3 Å². The van der Waals surface area contributed by atoms with E-state index in [1.165, 1.54) is 15.8 Å². The number of thiophene rings is 2. The van der Waals surface area contributed by atoms with Gasteiger partial charge in [0.2, 0.25) is 23.6 Å². The number of nitrogens with one attached hydrogen (secondary N) is 2. The molecule has 0 saturated carbocycles. The molecule has 0 bridgehead atoms. The smallest absolute Gasteiger partial charge is 0.306 e. The van der Waals surface area contributed by atoms with Crippen molar-refractivity contribution in [1.82, 2.24) is 50.0 Å². The highest BCUT2D eigenvalue weighted by molar-refractivity contribution is 7.15. The van der Waals surface area contributed by atoms with Crippen molar-refractivity contribution in [2.24, 2.45) is 9.98 Å². The number of rotatable bonds is 21. The van der Waals surface area contributed by atoms with Crippen LogP contribution in [0.25, 0.3) is 10.0 Å². The maximum Gasteiger partial charge on any atom is 0.306 e. The van der Waals surface area contributed by atoms with Crippen molar-refractivity contribution in [1.29, 1.82) is 0 Å². The lowest BCUT2D eigenvalue weighted by Crippen LogP contribution is -2.54.